The fourth-order valence-corrected chi connectivity index (χ4v) is 4.27. The molecular formula is C30H32F4N2O5. The van der Waals surface area contributed by atoms with Crippen LogP contribution < -0.4 is 15.2 Å². The van der Waals surface area contributed by atoms with E-state index in [2.05, 4.69) is 4.98 Å². The number of Topliss-reactive ketones (excluding diaryl/α,β-unsaturated/α-hetero) is 1. The molecule has 2 aromatic carbocycles. The maximum Gasteiger partial charge on any atom is 0.422 e. The number of carbonyl (C=O) groups is 1. The van der Waals surface area contributed by atoms with E-state index in [1.54, 1.807) is 0 Å². The van der Waals surface area contributed by atoms with E-state index in [0.717, 1.165) is 25.0 Å². The maximum absolute atomic E-state index is 14.5. The van der Waals surface area contributed by atoms with Crippen molar-refractivity contribution in [3.63, 3.8) is 0 Å². The summed E-state index contributed by atoms with van der Waals surface area (Å²) in [6.45, 7) is 2.27. The van der Waals surface area contributed by atoms with Crippen molar-refractivity contribution in [2.24, 2.45) is 5.73 Å². The largest absolute Gasteiger partial charge is 0.493 e. The number of benzene rings is 2. The average Bonchev–Trinajstić information content (AvgIpc) is 3.76. The van der Waals surface area contributed by atoms with Gasteiger partial charge in [0.1, 0.15) is 5.82 Å². The minimum atomic E-state index is -5.24. The van der Waals surface area contributed by atoms with Gasteiger partial charge >= 0.3 is 6.18 Å². The standard InChI is InChI=1S/C30H32F4N2O5/c1-17-12-18(4-8-22(17)31)23-14-20(28(2,35)16-37)15-27(36-23)29(39,30(32,33)34)11-10-24(38)19-5-9-25(26(13-19)40-3)41-21-6-7-21/h4-5,8-9,12-15,21,37,39H,6-7,10-11,16,35H2,1-3H3. The molecule has 41 heavy (non-hydrogen) atoms. The van der Waals surface area contributed by atoms with Crippen LogP contribution in [-0.4, -0.2) is 47.0 Å². The highest BCUT2D eigenvalue weighted by atomic mass is 19.4. The Morgan fingerprint density at radius 1 is 1.10 bits per heavy atom. The van der Waals surface area contributed by atoms with Gasteiger partial charge in [-0.05, 0) is 92.8 Å². The number of methoxy groups -OCH3 is 1. The molecule has 220 valence electrons. The molecule has 1 aliphatic rings. The number of pyridine rings is 1. The summed E-state index contributed by atoms with van der Waals surface area (Å²) in [5.74, 6) is -0.475. The fourth-order valence-electron chi connectivity index (χ4n) is 4.27. The van der Waals surface area contributed by atoms with E-state index in [0.29, 0.717) is 5.75 Å². The first-order chi connectivity index (χ1) is 19.2. The lowest BCUT2D eigenvalue weighted by molar-refractivity contribution is -0.270. The lowest BCUT2D eigenvalue weighted by atomic mass is 9.86. The molecule has 3 aromatic rings. The maximum atomic E-state index is 14.5. The Morgan fingerprint density at radius 2 is 1.80 bits per heavy atom. The highest BCUT2D eigenvalue weighted by Crippen LogP contribution is 2.44. The van der Waals surface area contributed by atoms with Crippen LogP contribution in [-0.2, 0) is 11.1 Å². The Labute approximate surface area is 234 Å². The van der Waals surface area contributed by atoms with Crippen LogP contribution in [0.15, 0.2) is 48.5 Å². The number of aryl methyl sites for hydroxylation is 1. The number of halogens is 4. The second kappa shape index (κ2) is 11.4. The molecule has 11 heteroatoms. The second-order valence-corrected chi connectivity index (χ2v) is 10.6. The number of aliphatic hydroxyl groups excluding tert-OH is 1. The number of ketones is 1. The van der Waals surface area contributed by atoms with Crippen LogP contribution in [0, 0.1) is 12.7 Å². The van der Waals surface area contributed by atoms with E-state index in [-0.39, 0.29) is 39.8 Å². The van der Waals surface area contributed by atoms with E-state index >= 15 is 0 Å². The molecule has 0 bridgehead atoms. The fraction of sp³-hybridized carbons (Fsp3) is 0.400. The van der Waals surface area contributed by atoms with Crippen LogP contribution in [0.5, 0.6) is 11.5 Å². The van der Waals surface area contributed by atoms with Crippen molar-refractivity contribution in [2.75, 3.05) is 13.7 Å². The molecule has 1 aliphatic carbocycles. The van der Waals surface area contributed by atoms with Crippen LogP contribution in [0.4, 0.5) is 17.6 Å². The molecule has 0 saturated heterocycles. The summed E-state index contributed by atoms with van der Waals surface area (Å²) < 4.78 is 68.5. The Hall–Kier alpha value is -3.54. The number of rotatable bonds is 11. The molecule has 4 N–H and O–H groups in total. The van der Waals surface area contributed by atoms with Gasteiger partial charge < -0.3 is 25.4 Å². The molecule has 1 saturated carbocycles. The molecular weight excluding hydrogens is 544 g/mol. The zero-order chi connectivity index (χ0) is 30.2. The molecule has 1 heterocycles. The van der Waals surface area contributed by atoms with E-state index in [1.807, 2.05) is 0 Å². The van der Waals surface area contributed by atoms with Gasteiger partial charge in [-0.25, -0.2) is 9.37 Å². The zero-order valence-corrected chi connectivity index (χ0v) is 22.9. The van der Waals surface area contributed by atoms with Crippen molar-refractivity contribution < 1.29 is 42.0 Å². The van der Waals surface area contributed by atoms with Crippen molar-refractivity contribution in [1.29, 1.82) is 0 Å². The van der Waals surface area contributed by atoms with Crippen molar-refractivity contribution in [3.8, 4) is 22.8 Å². The summed E-state index contributed by atoms with van der Waals surface area (Å²) in [6, 6.07) is 10.6. The predicted molar refractivity (Wildman–Crippen MR) is 143 cm³/mol. The van der Waals surface area contributed by atoms with Crippen LogP contribution in [0.3, 0.4) is 0 Å². The van der Waals surface area contributed by atoms with Crippen LogP contribution in [0.1, 0.15) is 59.8 Å². The van der Waals surface area contributed by atoms with Gasteiger partial charge in [0.05, 0.1) is 36.7 Å². The molecule has 7 nitrogen and oxygen atoms in total. The summed E-state index contributed by atoms with van der Waals surface area (Å²) in [7, 11) is 1.39. The monoisotopic (exact) mass is 576 g/mol. The Bertz CT molecular complexity index is 1440. The Balaban J connectivity index is 1.71. The van der Waals surface area contributed by atoms with Crippen molar-refractivity contribution in [1.82, 2.24) is 4.98 Å². The number of nitrogens with two attached hydrogens (primary N) is 1. The number of ether oxygens (including phenoxy) is 2. The second-order valence-electron chi connectivity index (χ2n) is 10.6. The summed E-state index contributed by atoms with van der Waals surface area (Å²) >= 11 is 0. The van der Waals surface area contributed by atoms with Crippen molar-refractivity contribution >= 4 is 5.78 Å². The third-order valence-corrected chi connectivity index (χ3v) is 7.18. The first-order valence-corrected chi connectivity index (χ1v) is 13.0. The third kappa shape index (κ3) is 6.52. The normalized spacial score (nSPS) is 16.5. The quantitative estimate of drug-likeness (QED) is 0.209. The van der Waals surface area contributed by atoms with Gasteiger partial charge in [0, 0.05) is 17.5 Å². The molecule has 0 aliphatic heterocycles. The van der Waals surface area contributed by atoms with Crippen LogP contribution >= 0.6 is 0 Å². The molecule has 0 radical (unpaired) electrons. The van der Waals surface area contributed by atoms with Gasteiger partial charge in [0.15, 0.2) is 17.3 Å². The van der Waals surface area contributed by atoms with Crippen molar-refractivity contribution in [3.05, 3.63) is 76.7 Å². The topological polar surface area (TPSA) is 115 Å². The van der Waals surface area contributed by atoms with E-state index in [1.165, 1.54) is 57.4 Å². The molecule has 2 atom stereocenters. The number of aliphatic hydroxyl groups is 2. The van der Waals surface area contributed by atoms with Gasteiger partial charge in [0.25, 0.3) is 0 Å². The SMILES string of the molecule is COc1cc(C(=O)CCC(O)(c2cc(C(C)(N)CO)cc(-c3ccc(F)c(C)c3)n2)C(F)(F)F)ccc1OC1CC1. The van der Waals surface area contributed by atoms with Gasteiger partial charge in [-0.3, -0.25) is 4.79 Å². The van der Waals surface area contributed by atoms with Gasteiger partial charge in [0.2, 0.25) is 5.60 Å². The van der Waals surface area contributed by atoms with Gasteiger partial charge in [-0.2, -0.15) is 13.2 Å². The average molecular weight is 577 g/mol. The lowest BCUT2D eigenvalue weighted by Crippen LogP contribution is -2.44. The van der Waals surface area contributed by atoms with Crippen LogP contribution in [0.25, 0.3) is 11.3 Å². The summed E-state index contributed by atoms with van der Waals surface area (Å²) in [5, 5.41) is 21.0. The number of nitrogens with zero attached hydrogens (tertiary/aromatic N) is 1. The van der Waals surface area contributed by atoms with Gasteiger partial charge in [-0.1, -0.05) is 0 Å². The number of hydrogen-bond donors (Lipinski definition) is 3. The number of alkyl halides is 3. The van der Waals surface area contributed by atoms with Crippen molar-refractivity contribution in [2.45, 2.75) is 63.0 Å². The van der Waals surface area contributed by atoms with E-state index in [9.17, 15) is 32.6 Å². The molecule has 1 fully saturated rings. The highest BCUT2D eigenvalue weighted by molar-refractivity contribution is 5.96. The van der Waals surface area contributed by atoms with E-state index in [4.69, 9.17) is 15.2 Å². The lowest BCUT2D eigenvalue weighted by Gasteiger charge is -2.32. The third-order valence-electron chi connectivity index (χ3n) is 7.18. The van der Waals surface area contributed by atoms with E-state index < -0.39 is 54.1 Å². The van der Waals surface area contributed by atoms with Gasteiger partial charge in [-0.15, -0.1) is 0 Å². The minimum Gasteiger partial charge on any atom is -0.493 e. The minimum absolute atomic E-state index is 0.0179. The summed E-state index contributed by atoms with van der Waals surface area (Å²) in [6.07, 6.45) is -5.09. The Kier molecular flexibility index (Phi) is 8.45. The molecule has 2 unspecified atom stereocenters. The number of aromatic nitrogens is 1. The first kappa shape index (κ1) is 30.4. The predicted octanol–water partition coefficient (Wildman–Crippen LogP) is 5.33. The molecule has 4 rings (SSSR count). The summed E-state index contributed by atoms with van der Waals surface area (Å²) in [5.41, 5.74) is 0.954. The smallest absolute Gasteiger partial charge is 0.422 e. The zero-order valence-electron chi connectivity index (χ0n) is 22.9. The first-order valence-electron chi connectivity index (χ1n) is 13.0. The Morgan fingerprint density at radius 3 is 2.39 bits per heavy atom. The molecule has 0 spiro atoms. The highest BCUT2D eigenvalue weighted by Gasteiger charge is 2.56. The van der Waals surface area contributed by atoms with Crippen LogP contribution in [0.2, 0.25) is 0 Å². The molecule has 0 amide bonds. The summed E-state index contributed by atoms with van der Waals surface area (Å²) in [4.78, 5) is 17.1. The number of carbonyl (C=O) groups excluding carboxylic acids is 1. The molecule has 1 aromatic heterocycles. The number of hydrogen-bond acceptors (Lipinski definition) is 7.